The van der Waals surface area contributed by atoms with Crippen molar-refractivity contribution >= 4 is 15.9 Å². The van der Waals surface area contributed by atoms with Gasteiger partial charge in [-0.2, -0.15) is 13.5 Å². The monoisotopic (exact) mass is 253 g/mol. The van der Waals surface area contributed by atoms with Crippen LogP contribution in [0, 0.1) is 6.92 Å². The largest absolute Gasteiger partial charge is 0.296 e. The highest BCUT2D eigenvalue weighted by atomic mass is 32.2. The van der Waals surface area contributed by atoms with E-state index in [-0.39, 0.29) is 0 Å². The van der Waals surface area contributed by atoms with Gasteiger partial charge >= 0.3 is 0 Å². The first-order chi connectivity index (χ1) is 7.94. The number of aromatic nitrogens is 3. The summed E-state index contributed by atoms with van der Waals surface area (Å²) in [5.41, 5.74) is 1.07. The highest BCUT2D eigenvalue weighted by molar-refractivity contribution is 7.90. The van der Waals surface area contributed by atoms with Crippen LogP contribution in [0.1, 0.15) is 5.82 Å². The minimum atomic E-state index is -3.77. The predicted octanol–water partition coefficient (Wildman–Crippen LogP) is 0.396. The van der Waals surface area contributed by atoms with Crippen molar-refractivity contribution in [2.75, 3.05) is 4.72 Å². The summed E-state index contributed by atoms with van der Waals surface area (Å²) in [7, 11) is -3.77. The van der Waals surface area contributed by atoms with Gasteiger partial charge in [-0.05, 0) is 19.1 Å². The lowest BCUT2D eigenvalue weighted by Crippen LogP contribution is -2.21. The molecule has 0 saturated carbocycles. The van der Waals surface area contributed by atoms with Gasteiger partial charge < -0.3 is 0 Å². The zero-order valence-electron chi connectivity index (χ0n) is 9.01. The molecule has 90 valence electrons. The first-order valence-corrected chi connectivity index (χ1v) is 6.29. The third-order valence-corrected chi connectivity index (χ3v) is 2.50. The van der Waals surface area contributed by atoms with Gasteiger partial charge in [-0.25, -0.2) is 10.1 Å². The Morgan fingerprint density at radius 3 is 2.76 bits per heavy atom. The quantitative estimate of drug-likeness (QED) is 0.734. The lowest BCUT2D eigenvalue weighted by Gasteiger charge is -2.04. The Morgan fingerprint density at radius 2 is 2.18 bits per heavy atom. The zero-order valence-corrected chi connectivity index (χ0v) is 9.82. The molecule has 0 fully saturated rings. The average Bonchev–Trinajstić information content (AvgIpc) is 2.63. The second-order valence-electron chi connectivity index (χ2n) is 3.47. The first-order valence-electron chi connectivity index (χ1n) is 4.74. The first kappa shape index (κ1) is 11.6. The molecule has 1 heterocycles. The van der Waals surface area contributed by atoms with E-state index in [1.54, 1.807) is 31.2 Å². The van der Waals surface area contributed by atoms with Crippen LogP contribution in [-0.4, -0.2) is 23.6 Å². The number of anilines is 1. The molecule has 0 aliphatic heterocycles. The number of aryl methyl sites for hydroxylation is 1. The molecule has 0 unspecified atom stereocenters. The number of aromatic amines is 1. The third kappa shape index (κ3) is 3.02. The van der Waals surface area contributed by atoms with Crippen molar-refractivity contribution in [1.82, 2.24) is 15.2 Å². The molecular formula is C9H11N5O2S. The molecule has 0 atom stereocenters. The molecule has 2 aromatic rings. The molecule has 0 amide bonds. The van der Waals surface area contributed by atoms with E-state index in [0.29, 0.717) is 22.9 Å². The summed E-state index contributed by atoms with van der Waals surface area (Å²) in [6.45, 7) is 1.78. The Kier molecular flexibility index (Phi) is 2.82. The number of rotatable bonds is 3. The summed E-state index contributed by atoms with van der Waals surface area (Å²) in [5, 5.41) is 11.6. The van der Waals surface area contributed by atoms with Gasteiger partial charge in [0, 0.05) is 5.56 Å². The maximum atomic E-state index is 10.9. The summed E-state index contributed by atoms with van der Waals surface area (Å²) in [4.78, 5) is 4.14. The normalized spacial score (nSPS) is 11.4. The molecule has 4 N–H and O–H groups in total. The van der Waals surface area contributed by atoms with Gasteiger partial charge in [0.15, 0.2) is 5.82 Å². The maximum Gasteiger partial charge on any atom is 0.296 e. The smallest absolute Gasteiger partial charge is 0.271 e. The van der Waals surface area contributed by atoms with Gasteiger partial charge in [0.05, 0.1) is 5.69 Å². The number of nitrogens with zero attached hydrogens (tertiary/aromatic N) is 2. The maximum absolute atomic E-state index is 10.9. The van der Waals surface area contributed by atoms with Gasteiger partial charge in [0.2, 0.25) is 0 Å². The van der Waals surface area contributed by atoms with Crippen LogP contribution in [0.25, 0.3) is 11.4 Å². The highest BCUT2D eigenvalue weighted by Gasteiger charge is 2.06. The van der Waals surface area contributed by atoms with Crippen molar-refractivity contribution in [2.24, 2.45) is 5.14 Å². The zero-order chi connectivity index (χ0) is 12.5. The molecule has 0 bridgehead atoms. The minimum absolute atomic E-state index is 0.368. The van der Waals surface area contributed by atoms with Crippen molar-refractivity contribution in [3.8, 4) is 11.4 Å². The van der Waals surface area contributed by atoms with Crippen LogP contribution in [0.15, 0.2) is 24.3 Å². The van der Waals surface area contributed by atoms with Gasteiger partial charge in [0.25, 0.3) is 10.2 Å². The van der Waals surface area contributed by atoms with Crippen LogP contribution < -0.4 is 9.86 Å². The van der Waals surface area contributed by atoms with Crippen molar-refractivity contribution in [3.63, 3.8) is 0 Å². The van der Waals surface area contributed by atoms with E-state index in [9.17, 15) is 8.42 Å². The third-order valence-electron chi connectivity index (χ3n) is 1.98. The molecule has 8 heteroatoms. The molecule has 1 aromatic carbocycles. The van der Waals surface area contributed by atoms with E-state index >= 15 is 0 Å². The Hall–Kier alpha value is -1.93. The number of nitrogens with one attached hydrogen (secondary N) is 2. The summed E-state index contributed by atoms with van der Waals surface area (Å²) < 4.78 is 23.9. The molecule has 7 nitrogen and oxygen atoms in total. The molecule has 0 spiro atoms. The molecule has 0 aliphatic rings. The molecule has 2 rings (SSSR count). The number of hydrogen-bond acceptors (Lipinski definition) is 4. The van der Waals surface area contributed by atoms with Crippen molar-refractivity contribution in [3.05, 3.63) is 30.1 Å². The lowest BCUT2D eigenvalue weighted by atomic mass is 10.2. The fourth-order valence-electron chi connectivity index (χ4n) is 1.36. The Morgan fingerprint density at radius 1 is 1.41 bits per heavy atom. The molecule has 1 aromatic heterocycles. The Bertz CT molecular complexity index is 634. The van der Waals surface area contributed by atoms with Crippen LogP contribution >= 0.6 is 0 Å². The van der Waals surface area contributed by atoms with Crippen molar-refractivity contribution in [2.45, 2.75) is 6.92 Å². The number of nitrogens with two attached hydrogens (primary N) is 1. The van der Waals surface area contributed by atoms with Gasteiger partial charge in [-0.1, -0.05) is 12.1 Å². The van der Waals surface area contributed by atoms with E-state index in [2.05, 4.69) is 19.9 Å². The molecule has 0 aliphatic carbocycles. The Balaban J connectivity index is 2.35. The lowest BCUT2D eigenvalue weighted by molar-refractivity contribution is 0.603. The van der Waals surface area contributed by atoms with E-state index in [1.807, 2.05) is 0 Å². The second kappa shape index (κ2) is 4.15. The summed E-state index contributed by atoms with van der Waals surface area (Å²) >= 11 is 0. The van der Waals surface area contributed by atoms with E-state index in [4.69, 9.17) is 5.14 Å². The second-order valence-corrected chi connectivity index (χ2v) is 4.77. The molecule has 0 saturated heterocycles. The van der Waals surface area contributed by atoms with Crippen LogP contribution in [0.2, 0.25) is 0 Å². The van der Waals surface area contributed by atoms with Crippen LogP contribution in [0.3, 0.4) is 0 Å². The average molecular weight is 253 g/mol. The van der Waals surface area contributed by atoms with Gasteiger partial charge in [-0.15, -0.1) is 0 Å². The minimum Gasteiger partial charge on any atom is -0.271 e. The summed E-state index contributed by atoms with van der Waals surface area (Å²) in [6, 6.07) is 6.66. The fourth-order valence-corrected chi connectivity index (χ4v) is 1.81. The van der Waals surface area contributed by atoms with Crippen LogP contribution in [-0.2, 0) is 10.2 Å². The predicted molar refractivity (Wildman–Crippen MR) is 63.3 cm³/mol. The van der Waals surface area contributed by atoms with Crippen molar-refractivity contribution in [1.29, 1.82) is 0 Å². The summed E-state index contributed by atoms with van der Waals surface area (Å²) in [5.74, 6) is 1.19. The van der Waals surface area contributed by atoms with Gasteiger partial charge in [0.1, 0.15) is 5.82 Å². The molecule has 17 heavy (non-hydrogen) atoms. The van der Waals surface area contributed by atoms with E-state index in [0.717, 1.165) is 0 Å². The number of hydrogen-bond donors (Lipinski definition) is 3. The number of H-pyrrole nitrogens is 1. The van der Waals surface area contributed by atoms with Crippen molar-refractivity contribution < 1.29 is 8.42 Å². The van der Waals surface area contributed by atoms with E-state index in [1.165, 1.54) is 0 Å². The molecular weight excluding hydrogens is 242 g/mol. The Labute approximate surface area is 98.3 Å². The highest BCUT2D eigenvalue weighted by Crippen LogP contribution is 2.19. The van der Waals surface area contributed by atoms with Crippen LogP contribution in [0.4, 0.5) is 5.69 Å². The van der Waals surface area contributed by atoms with E-state index < -0.39 is 10.2 Å². The topological polar surface area (TPSA) is 114 Å². The fraction of sp³-hybridized carbons (Fsp3) is 0.111. The van der Waals surface area contributed by atoms with Gasteiger partial charge in [-0.3, -0.25) is 9.82 Å². The standard InChI is InChI=1S/C9H11N5O2S/c1-6-11-9(13-12-6)7-3-2-4-8(5-7)14-17(10,15)16/h2-5,14H,1H3,(H2,10,15,16)(H,11,12,13). The summed E-state index contributed by atoms with van der Waals surface area (Å²) in [6.07, 6.45) is 0. The SMILES string of the molecule is Cc1nc(-c2cccc(NS(N)(=O)=O)c2)n[nH]1. The van der Waals surface area contributed by atoms with Crippen LogP contribution in [0.5, 0.6) is 0 Å². The number of benzene rings is 1. The molecule has 0 radical (unpaired) electrons.